The van der Waals surface area contributed by atoms with Gasteiger partial charge in [0.1, 0.15) is 11.6 Å². The highest BCUT2D eigenvalue weighted by atomic mass is 35.5. The molecule has 0 spiro atoms. The monoisotopic (exact) mass is 397 g/mol. The average molecular weight is 399 g/mol. The lowest BCUT2D eigenvalue weighted by Crippen LogP contribution is -2.20. The van der Waals surface area contributed by atoms with Crippen molar-refractivity contribution in [3.63, 3.8) is 0 Å². The van der Waals surface area contributed by atoms with E-state index in [1.807, 2.05) is 19.1 Å². The molecule has 0 fully saturated rings. The Bertz CT molecular complexity index is 918. The van der Waals surface area contributed by atoms with E-state index in [0.717, 1.165) is 11.3 Å². The number of nitrogens with one attached hydrogen (secondary N) is 1. The van der Waals surface area contributed by atoms with Crippen molar-refractivity contribution in [1.82, 2.24) is 19.6 Å². The van der Waals surface area contributed by atoms with Crippen LogP contribution in [0.5, 0.6) is 0 Å². The van der Waals surface area contributed by atoms with Crippen molar-refractivity contribution in [2.24, 2.45) is 0 Å². The third-order valence-electron chi connectivity index (χ3n) is 3.53. The molecule has 25 heavy (non-hydrogen) atoms. The first-order valence-corrected chi connectivity index (χ1v) is 8.51. The summed E-state index contributed by atoms with van der Waals surface area (Å²) in [6.45, 7) is 2.42. The van der Waals surface area contributed by atoms with Crippen molar-refractivity contribution >= 4 is 46.5 Å². The topological polar surface area (TPSA) is 64.7 Å². The normalized spacial score (nSPS) is 10.9. The SMILES string of the molecule is Cc1ccnn1CC(=O)Nc1nn(Cc2ccc(Cl)c(Cl)c2)cc1Cl. The third-order valence-corrected chi connectivity index (χ3v) is 4.54. The van der Waals surface area contributed by atoms with Crippen molar-refractivity contribution in [1.29, 1.82) is 0 Å². The van der Waals surface area contributed by atoms with Gasteiger partial charge in [-0.25, -0.2) is 0 Å². The predicted octanol–water partition coefficient (Wildman–Crippen LogP) is 4.04. The molecule has 6 nitrogen and oxygen atoms in total. The van der Waals surface area contributed by atoms with Gasteiger partial charge in [0.05, 0.1) is 16.6 Å². The molecule has 3 aromatic rings. The van der Waals surface area contributed by atoms with Crippen molar-refractivity contribution in [2.45, 2.75) is 20.0 Å². The van der Waals surface area contributed by atoms with Gasteiger partial charge in [0.15, 0.2) is 5.82 Å². The minimum Gasteiger partial charge on any atom is -0.306 e. The quantitative estimate of drug-likeness (QED) is 0.705. The number of anilines is 1. The van der Waals surface area contributed by atoms with E-state index >= 15 is 0 Å². The molecular formula is C16H14Cl3N5O. The molecule has 1 N–H and O–H groups in total. The van der Waals surface area contributed by atoms with E-state index in [0.29, 0.717) is 27.4 Å². The summed E-state index contributed by atoms with van der Waals surface area (Å²) in [5.41, 5.74) is 1.81. The molecule has 0 aliphatic heterocycles. The molecule has 0 atom stereocenters. The lowest BCUT2D eigenvalue weighted by Gasteiger charge is -2.05. The number of aryl methyl sites for hydroxylation is 1. The van der Waals surface area contributed by atoms with Crippen LogP contribution in [-0.4, -0.2) is 25.5 Å². The summed E-state index contributed by atoms with van der Waals surface area (Å²) < 4.78 is 3.21. The highest BCUT2D eigenvalue weighted by molar-refractivity contribution is 6.42. The highest BCUT2D eigenvalue weighted by Gasteiger charge is 2.12. The van der Waals surface area contributed by atoms with Gasteiger partial charge in [-0.15, -0.1) is 0 Å². The lowest BCUT2D eigenvalue weighted by atomic mass is 10.2. The van der Waals surface area contributed by atoms with Gasteiger partial charge in [0.25, 0.3) is 0 Å². The van der Waals surface area contributed by atoms with E-state index in [4.69, 9.17) is 34.8 Å². The summed E-state index contributed by atoms with van der Waals surface area (Å²) in [6.07, 6.45) is 3.28. The fraction of sp³-hybridized carbons (Fsp3) is 0.188. The fourth-order valence-electron chi connectivity index (χ4n) is 2.26. The summed E-state index contributed by atoms with van der Waals surface area (Å²) in [5.74, 6) is 0.0463. The molecule has 2 aromatic heterocycles. The summed E-state index contributed by atoms with van der Waals surface area (Å²) in [4.78, 5) is 12.1. The van der Waals surface area contributed by atoms with Gasteiger partial charge in [-0.05, 0) is 30.7 Å². The largest absolute Gasteiger partial charge is 0.306 e. The zero-order chi connectivity index (χ0) is 18.0. The lowest BCUT2D eigenvalue weighted by molar-refractivity contribution is -0.117. The second kappa shape index (κ2) is 7.47. The Morgan fingerprint density at radius 2 is 1.96 bits per heavy atom. The molecule has 0 aliphatic rings. The van der Waals surface area contributed by atoms with E-state index in [1.54, 1.807) is 33.9 Å². The molecule has 9 heteroatoms. The number of carbonyl (C=O) groups excluding carboxylic acids is 1. The number of rotatable bonds is 5. The third kappa shape index (κ3) is 4.34. The number of benzene rings is 1. The number of nitrogens with zero attached hydrogens (tertiary/aromatic N) is 4. The second-order valence-electron chi connectivity index (χ2n) is 5.45. The van der Waals surface area contributed by atoms with Gasteiger partial charge >= 0.3 is 0 Å². The summed E-state index contributed by atoms with van der Waals surface area (Å²) in [5, 5.41) is 12.4. The second-order valence-corrected chi connectivity index (χ2v) is 6.67. The van der Waals surface area contributed by atoms with Crippen LogP contribution in [0.1, 0.15) is 11.3 Å². The van der Waals surface area contributed by atoms with E-state index in [2.05, 4.69) is 15.5 Å². The van der Waals surface area contributed by atoms with E-state index in [-0.39, 0.29) is 12.5 Å². The molecule has 0 saturated carbocycles. The Labute approximate surface area is 159 Å². The number of hydrogen-bond acceptors (Lipinski definition) is 3. The van der Waals surface area contributed by atoms with Crippen LogP contribution in [-0.2, 0) is 17.9 Å². The Kier molecular flexibility index (Phi) is 5.32. The van der Waals surface area contributed by atoms with Crippen molar-refractivity contribution in [3.8, 4) is 0 Å². The number of carbonyl (C=O) groups is 1. The van der Waals surface area contributed by atoms with Gasteiger partial charge in [-0.2, -0.15) is 10.2 Å². The molecule has 130 valence electrons. The van der Waals surface area contributed by atoms with E-state index in [9.17, 15) is 4.79 Å². The molecule has 0 bridgehead atoms. The first-order valence-electron chi connectivity index (χ1n) is 7.37. The van der Waals surface area contributed by atoms with Gasteiger partial charge in [0, 0.05) is 18.1 Å². The molecule has 1 aromatic carbocycles. The minimum atomic E-state index is -0.256. The molecule has 3 rings (SSSR count). The van der Waals surface area contributed by atoms with Gasteiger partial charge in [0.2, 0.25) is 5.91 Å². The number of amides is 1. The average Bonchev–Trinajstić information content (AvgIpc) is 3.09. The van der Waals surface area contributed by atoms with Crippen molar-refractivity contribution < 1.29 is 4.79 Å². The molecular weight excluding hydrogens is 385 g/mol. The van der Waals surface area contributed by atoms with E-state index in [1.165, 1.54) is 0 Å². The van der Waals surface area contributed by atoms with Crippen LogP contribution in [0.2, 0.25) is 15.1 Å². The van der Waals surface area contributed by atoms with Crippen molar-refractivity contribution in [2.75, 3.05) is 5.32 Å². The van der Waals surface area contributed by atoms with Crippen LogP contribution in [0.25, 0.3) is 0 Å². The Morgan fingerprint density at radius 1 is 1.16 bits per heavy atom. The van der Waals surface area contributed by atoms with Crippen LogP contribution >= 0.6 is 34.8 Å². The first kappa shape index (κ1) is 17.8. The summed E-state index contributed by atoms with van der Waals surface area (Å²) in [7, 11) is 0. The number of aromatic nitrogens is 4. The van der Waals surface area contributed by atoms with Gasteiger partial charge in [-0.1, -0.05) is 40.9 Å². The van der Waals surface area contributed by atoms with Crippen molar-refractivity contribution in [3.05, 3.63) is 63.0 Å². The van der Waals surface area contributed by atoms with Gasteiger partial charge in [-0.3, -0.25) is 14.2 Å². The van der Waals surface area contributed by atoms with Crippen LogP contribution < -0.4 is 5.32 Å². The maximum Gasteiger partial charge on any atom is 0.247 e. The zero-order valence-corrected chi connectivity index (χ0v) is 15.5. The molecule has 1 amide bonds. The fourth-order valence-corrected chi connectivity index (χ4v) is 2.78. The molecule has 0 radical (unpaired) electrons. The maximum absolute atomic E-state index is 12.1. The predicted molar refractivity (Wildman–Crippen MR) is 98.4 cm³/mol. The van der Waals surface area contributed by atoms with Crippen LogP contribution in [0, 0.1) is 6.92 Å². The Hall–Kier alpha value is -2.02. The Balaban J connectivity index is 1.68. The molecule has 2 heterocycles. The van der Waals surface area contributed by atoms with Crippen LogP contribution in [0.15, 0.2) is 36.7 Å². The molecule has 0 unspecified atom stereocenters. The Morgan fingerprint density at radius 3 is 2.64 bits per heavy atom. The standard InChI is InChI=1S/C16H14Cl3N5O/c1-10-4-5-20-24(10)9-15(25)21-16-14(19)8-23(22-16)7-11-2-3-12(17)13(18)6-11/h2-6,8H,7,9H2,1H3,(H,21,22,25). The number of halogens is 3. The molecule has 0 aliphatic carbocycles. The summed E-state index contributed by atoms with van der Waals surface area (Å²) >= 11 is 18.1. The number of hydrogen-bond donors (Lipinski definition) is 1. The zero-order valence-electron chi connectivity index (χ0n) is 13.2. The minimum absolute atomic E-state index is 0.0921. The smallest absolute Gasteiger partial charge is 0.247 e. The van der Waals surface area contributed by atoms with Gasteiger partial charge < -0.3 is 5.32 Å². The summed E-state index contributed by atoms with van der Waals surface area (Å²) in [6, 6.07) is 7.16. The first-order chi connectivity index (χ1) is 11.9. The molecule has 0 saturated heterocycles. The maximum atomic E-state index is 12.1. The van der Waals surface area contributed by atoms with Crippen LogP contribution in [0.3, 0.4) is 0 Å². The highest BCUT2D eigenvalue weighted by Crippen LogP contribution is 2.24. The van der Waals surface area contributed by atoms with E-state index < -0.39 is 0 Å². The van der Waals surface area contributed by atoms with Crippen LogP contribution in [0.4, 0.5) is 5.82 Å².